The summed E-state index contributed by atoms with van der Waals surface area (Å²) in [7, 11) is 0. The summed E-state index contributed by atoms with van der Waals surface area (Å²) in [6.45, 7) is 2.27. The summed E-state index contributed by atoms with van der Waals surface area (Å²) < 4.78 is 36.9. The monoisotopic (exact) mass is 437 g/mol. The third kappa shape index (κ3) is 4.46. The van der Waals surface area contributed by atoms with Crippen molar-refractivity contribution in [2.24, 2.45) is 0 Å². The molecule has 0 amide bonds. The Hall–Kier alpha value is -3.20. The molecule has 158 valence electrons. The molecule has 8 heteroatoms. The molecule has 2 N–H and O–H groups in total. The van der Waals surface area contributed by atoms with E-state index in [9.17, 15) is 13.4 Å². The number of nitrogens with zero attached hydrogens (tertiary/aromatic N) is 2. The molecule has 0 aliphatic rings. The van der Waals surface area contributed by atoms with Gasteiger partial charge in [0.1, 0.15) is 5.82 Å². The molecule has 0 aliphatic heterocycles. The van der Waals surface area contributed by atoms with Gasteiger partial charge in [0, 0.05) is 17.5 Å². The highest BCUT2D eigenvalue weighted by Crippen LogP contribution is 2.28. The van der Waals surface area contributed by atoms with Gasteiger partial charge < -0.3 is 0 Å². The zero-order valence-corrected chi connectivity index (χ0v) is 17.5. The predicted molar refractivity (Wildman–Crippen MR) is 120 cm³/mol. The molecule has 0 saturated carbocycles. The average molecular weight is 437 g/mol. The molecule has 1 heterocycles. The van der Waals surface area contributed by atoms with Crippen LogP contribution in [0.1, 0.15) is 11.1 Å². The molecule has 1 unspecified atom stereocenters. The number of hydrogen-bond donors (Lipinski definition) is 2. The largest absolute Gasteiger partial charge is 0.294 e. The molecule has 0 fully saturated rings. The molecular formula is C23H20FN3O3S. The van der Waals surface area contributed by atoms with Gasteiger partial charge in [0.2, 0.25) is 11.3 Å². The van der Waals surface area contributed by atoms with Gasteiger partial charge >= 0.3 is 0 Å². The third-order valence-corrected chi connectivity index (χ3v) is 5.49. The Morgan fingerprint density at radius 3 is 2.58 bits per heavy atom. The van der Waals surface area contributed by atoms with Crippen LogP contribution in [0.15, 0.2) is 71.5 Å². The second-order valence-corrected chi connectivity index (χ2v) is 7.92. The normalized spacial score (nSPS) is 12.2. The summed E-state index contributed by atoms with van der Waals surface area (Å²) in [5.41, 5.74) is 3.53. The molecule has 6 nitrogen and oxygen atoms in total. The van der Waals surface area contributed by atoms with Crippen molar-refractivity contribution in [2.45, 2.75) is 13.3 Å². The number of benzene rings is 3. The first-order valence-electron chi connectivity index (χ1n) is 9.66. The van der Waals surface area contributed by atoms with Gasteiger partial charge in [-0.3, -0.25) is 9.35 Å². The number of halogens is 1. The maximum Gasteiger partial charge on any atom is 0.279 e. The van der Waals surface area contributed by atoms with E-state index in [0.717, 1.165) is 22.1 Å². The minimum atomic E-state index is -2.06. The first-order valence-corrected chi connectivity index (χ1v) is 10.8. The van der Waals surface area contributed by atoms with Crippen LogP contribution in [0, 0.1) is 12.7 Å². The molecule has 4 rings (SSSR count). The molecule has 3 aromatic carbocycles. The van der Waals surface area contributed by atoms with Crippen LogP contribution in [-0.4, -0.2) is 25.1 Å². The second-order valence-electron chi connectivity index (χ2n) is 7.13. The number of rotatable bonds is 6. The summed E-state index contributed by atoms with van der Waals surface area (Å²) in [5, 5.41) is 5.95. The van der Waals surface area contributed by atoms with Crippen LogP contribution in [0.2, 0.25) is 0 Å². The molecular weight excluding hydrogens is 417 g/mol. The SMILES string of the molecule is Cc1cccc2c(=O)n(-c3ccc(F)cc3)nc(-c3cccc(CCNS(=O)O)c3)c12. The fourth-order valence-electron chi connectivity index (χ4n) is 3.59. The lowest BCUT2D eigenvalue weighted by Crippen LogP contribution is -2.22. The quantitative estimate of drug-likeness (QED) is 0.450. The van der Waals surface area contributed by atoms with Gasteiger partial charge in [-0.1, -0.05) is 30.3 Å². The Kier molecular flexibility index (Phi) is 6.03. The minimum Gasteiger partial charge on any atom is -0.294 e. The summed E-state index contributed by atoms with van der Waals surface area (Å²) >= 11 is -2.06. The van der Waals surface area contributed by atoms with Gasteiger partial charge in [0.25, 0.3) is 5.56 Å². The molecule has 0 saturated heterocycles. The fraction of sp³-hybridized carbons (Fsp3) is 0.130. The van der Waals surface area contributed by atoms with Crippen LogP contribution < -0.4 is 10.3 Å². The van der Waals surface area contributed by atoms with Crippen molar-refractivity contribution in [3.63, 3.8) is 0 Å². The number of aromatic nitrogens is 2. The summed E-state index contributed by atoms with van der Waals surface area (Å²) in [6.07, 6.45) is 0.550. The van der Waals surface area contributed by atoms with Crippen LogP contribution in [0.4, 0.5) is 4.39 Å². The molecule has 0 spiro atoms. The number of fused-ring (bicyclic) bond motifs is 1. The van der Waals surface area contributed by atoms with Crippen LogP contribution in [0.3, 0.4) is 0 Å². The van der Waals surface area contributed by atoms with Crippen molar-refractivity contribution in [3.8, 4) is 16.9 Å². The summed E-state index contributed by atoms with van der Waals surface area (Å²) in [6, 6.07) is 18.8. The molecule has 0 aliphatic carbocycles. The van der Waals surface area contributed by atoms with Gasteiger partial charge in [-0.25, -0.2) is 13.3 Å². The van der Waals surface area contributed by atoms with Crippen molar-refractivity contribution >= 4 is 22.0 Å². The Bertz CT molecular complexity index is 1340. The lowest BCUT2D eigenvalue weighted by atomic mass is 9.99. The molecule has 0 radical (unpaired) electrons. The lowest BCUT2D eigenvalue weighted by molar-refractivity contribution is 0.549. The van der Waals surface area contributed by atoms with Gasteiger partial charge in [-0.05, 0) is 60.9 Å². The van der Waals surface area contributed by atoms with Gasteiger partial charge in [-0.2, -0.15) is 9.78 Å². The first-order chi connectivity index (χ1) is 14.9. The number of aryl methyl sites for hydroxylation is 1. The van der Waals surface area contributed by atoms with E-state index in [-0.39, 0.29) is 5.56 Å². The van der Waals surface area contributed by atoms with Gasteiger partial charge in [0.15, 0.2) is 0 Å². The highest BCUT2D eigenvalue weighted by molar-refractivity contribution is 7.77. The Balaban J connectivity index is 1.89. The number of nitrogens with one attached hydrogen (secondary N) is 1. The van der Waals surface area contributed by atoms with Gasteiger partial charge in [-0.15, -0.1) is 0 Å². The molecule has 1 aromatic heterocycles. The average Bonchev–Trinajstić information content (AvgIpc) is 2.75. The highest BCUT2D eigenvalue weighted by Gasteiger charge is 2.15. The Labute approximate surface area is 180 Å². The smallest absolute Gasteiger partial charge is 0.279 e. The van der Waals surface area contributed by atoms with E-state index in [0.29, 0.717) is 29.7 Å². The van der Waals surface area contributed by atoms with Crippen molar-refractivity contribution in [1.29, 1.82) is 0 Å². The van der Waals surface area contributed by atoms with E-state index >= 15 is 0 Å². The van der Waals surface area contributed by atoms with Crippen molar-refractivity contribution in [2.75, 3.05) is 6.54 Å². The summed E-state index contributed by atoms with van der Waals surface area (Å²) in [5.74, 6) is -0.390. The zero-order valence-electron chi connectivity index (χ0n) is 16.7. The summed E-state index contributed by atoms with van der Waals surface area (Å²) in [4.78, 5) is 13.2. The van der Waals surface area contributed by atoms with Crippen LogP contribution in [0.25, 0.3) is 27.7 Å². The standard InChI is InChI=1S/C23H20FN3O3S/c1-15-4-2-7-20-21(15)22(17-6-3-5-16(14-17)12-13-25-31(29)30)26-27(23(20)28)19-10-8-18(24)9-11-19/h2-11,14,25H,12-13H2,1H3,(H,29,30). The molecule has 0 bridgehead atoms. The van der Waals surface area contributed by atoms with E-state index in [4.69, 9.17) is 4.55 Å². The van der Waals surface area contributed by atoms with Crippen molar-refractivity contribution in [1.82, 2.24) is 14.5 Å². The van der Waals surface area contributed by atoms with E-state index in [2.05, 4.69) is 9.82 Å². The lowest BCUT2D eigenvalue weighted by Gasteiger charge is -2.14. The van der Waals surface area contributed by atoms with Crippen molar-refractivity contribution < 1.29 is 13.2 Å². The van der Waals surface area contributed by atoms with E-state index in [1.807, 2.05) is 43.3 Å². The minimum absolute atomic E-state index is 0.278. The van der Waals surface area contributed by atoms with E-state index < -0.39 is 17.1 Å². The topological polar surface area (TPSA) is 84.2 Å². The van der Waals surface area contributed by atoms with Crippen LogP contribution in [0.5, 0.6) is 0 Å². The molecule has 31 heavy (non-hydrogen) atoms. The van der Waals surface area contributed by atoms with Crippen molar-refractivity contribution in [3.05, 3.63) is 94.0 Å². The second kappa shape index (κ2) is 8.89. The fourth-order valence-corrected chi connectivity index (χ4v) is 3.86. The third-order valence-electron chi connectivity index (χ3n) is 5.04. The Morgan fingerprint density at radius 2 is 1.84 bits per heavy atom. The maximum absolute atomic E-state index is 13.4. The molecule has 4 aromatic rings. The first kappa shape index (κ1) is 21.0. The highest BCUT2D eigenvalue weighted by atomic mass is 32.2. The molecule has 1 atom stereocenters. The predicted octanol–water partition coefficient (Wildman–Crippen LogP) is 3.77. The zero-order chi connectivity index (χ0) is 22.0. The van der Waals surface area contributed by atoms with E-state index in [1.165, 1.54) is 28.9 Å². The van der Waals surface area contributed by atoms with Gasteiger partial charge in [0.05, 0.1) is 16.8 Å². The Morgan fingerprint density at radius 1 is 1.10 bits per heavy atom. The number of hydrogen-bond acceptors (Lipinski definition) is 3. The van der Waals surface area contributed by atoms with Crippen LogP contribution in [-0.2, 0) is 17.7 Å². The maximum atomic E-state index is 13.4. The van der Waals surface area contributed by atoms with Crippen LogP contribution >= 0.6 is 0 Å². The van der Waals surface area contributed by atoms with E-state index in [1.54, 1.807) is 6.07 Å².